The largest absolute Gasteiger partial charge is 0.479 e. The molecule has 0 aromatic heterocycles. The summed E-state index contributed by atoms with van der Waals surface area (Å²) in [4.78, 5) is 38.3. The summed E-state index contributed by atoms with van der Waals surface area (Å²) >= 11 is 0. The summed E-state index contributed by atoms with van der Waals surface area (Å²) in [7, 11) is 0. The number of hydrogen-bond donors (Lipinski definition) is 4. The Kier molecular flexibility index (Phi) is 7.13. The summed E-state index contributed by atoms with van der Waals surface area (Å²) in [6.45, 7) is -0.218. The molecule has 0 radical (unpaired) electrons. The summed E-state index contributed by atoms with van der Waals surface area (Å²) in [6.07, 6.45) is -0.431. The van der Waals surface area contributed by atoms with Crippen LogP contribution in [0.3, 0.4) is 0 Å². The van der Waals surface area contributed by atoms with E-state index in [0.717, 1.165) is 0 Å². The molecule has 11 heteroatoms. The van der Waals surface area contributed by atoms with Gasteiger partial charge in [-0.15, -0.1) is 5.43 Å². The van der Waals surface area contributed by atoms with Crippen molar-refractivity contribution in [3.63, 3.8) is 0 Å². The zero-order valence-electron chi connectivity index (χ0n) is 13.3. The van der Waals surface area contributed by atoms with Crippen molar-refractivity contribution in [1.29, 1.82) is 0 Å². The Hall–Kier alpha value is -3.37. The number of ether oxygens (including phenoxy) is 1. The number of carboxylic acid groups (broad SMARTS) is 1. The summed E-state index contributed by atoms with van der Waals surface area (Å²) < 4.78 is 4.96. The zero-order chi connectivity index (χ0) is 18.9. The summed E-state index contributed by atoms with van der Waals surface area (Å²) in [5.41, 5.74) is 9.92. The number of aliphatic carboxylic acids is 1. The fourth-order valence-corrected chi connectivity index (χ4v) is 2.00. The predicted molar refractivity (Wildman–Crippen MR) is 86.6 cm³/mol. The molecule has 0 amide bonds. The van der Waals surface area contributed by atoms with Gasteiger partial charge in [-0.2, -0.15) is 0 Å². The van der Waals surface area contributed by atoms with Crippen LogP contribution >= 0.6 is 0 Å². The Morgan fingerprint density at radius 1 is 1.32 bits per heavy atom. The molecule has 0 aliphatic carbocycles. The van der Waals surface area contributed by atoms with Gasteiger partial charge in [0, 0.05) is 6.54 Å². The highest BCUT2D eigenvalue weighted by molar-refractivity contribution is 6.03. The number of aliphatic imine (C=N–C) groups is 1. The molecular formula is C14H19N5O6. The van der Waals surface area contributed by atoms with Crippen molar-refractivity contribution in [2.24, 2.45) is 16.5 Å². The third-order valence-corrected chi connectivity index (χ3v) is 3.21. The first-order chi connectivity index (χ1) is 11.8. The molecular weight excluding hydrogens is 334 g/mol. The highest BCUT2D eigenvalue weighted by Crippen LogP contribution is 2.18. The molecule has 6 N–H and O–H groups in total. The lowest BCUT2D eigenvalue weighted by Crippen LogP contribution is -2.60. The van der Waals surface area contributed by atoms with Crippen LogP contribution in [0.15, 0.2) is 35.3 Å². The van der Waals surface area contributed by atoms with Crippen LogP contribution in [0.4, 0.5) is 0 Å². The molecule has 0 saturated carbocycles. The van der Waals surface area contributed by atoms with Gasteiger partial charge in [-0.3, -0.25) is 4.99 Å². The molecule has 136 valence electrons. The summed E-state index contributed by atoms with van der Waals surface area (Å²) in [5, 5.41) is 19.1. The Bertz CT molecular complexity index is 646. The monoisotopic (exact) mass is 353 g/mol. The van der Waals surface area contributed by atoms with Crippen molar-refractivity contribution < 1.29 is 24.5 Å². The van der Waals surface area contributed by atoms with Gasteiger partial charge in [-0.05, 0) is 18.4 Å². The third kappa shape index (κ3) is 5.97. The molecule has 11 nitrogen and oxygen atoms in total. The highest BCUT2D eigenvalue weighted by Gasteiger charge is 2.52. The highest BCUT2D eigenvalue weighted by atomic mass is 16.7. The van der Waals surface area contributed by atoms with E-state index in [2.05, 4.69) is 4.99 Å². The Morgan fingerprint density at radius 3 is 2.48 bits per heavy atom. The first-order valence-corrected chi connectivity index (χ1v) is 7.20. The van der Waals surface area contributed by atoms with Gasteiger partial charge in [-0.1, -0.05) is 30.3 Å². The van der Waals surface area contributed by atoms with Crippen LogP contribution in [0.25, 0.3) is 0 Å². The minimum absolute atomic E-state index is 0.00270. The van der Waals surface area contributed by atoms with E-state index in [1.54, 1.807) is 35.8 Å². The number of rotatable bonds is 10. The summed E-state index contributed by atoms with van der Waals surface area (Å²) in [5.74, 6) is -3.22. The predicted octanol–water partition coefficient (Wildman–Crippen LogP) is -0.612. The summed E-state index contributed by atoms with van der Waals surface area (Å²) in [6, 6.07) is 8.49. The number of carbonyl (C=O) groups is 2. The zero-order valence-corrected chi connectivity index (χ0v) is 13.3. The van der Waals surface area contributed by atoms with E-state index in [1.165, 1.54) is 0 Å². The maximum absolute atomic E-state index is 12.3. The van der Waals surface area contributed by atoms with E-state index < -0.39 is 28.9 Å². The van der Waals surface area contributed by atoms with Crippen LogP contribution in [-0.2, 0) is 20.9 Å². The lowest BCUT2D eigenvalue weighted by Gasteiger charge is -2.23. The maximum atomic E-state index is 12.3. The molecule has 0 saturated heterocycles. The van der Waals surface area contributed by atoms with E-state index in [0.29, 0.717) is 5.56 Å². The number of nitrogens with zero attached hydrogens (tertiary/aromatic N) is 2. The lowest BCUT2D eigenvalue weighted by atomic mass is 9.94. The number of nitro groups is 1. The van der Waals surface area contributed by atoms with Crippen molar-refractivity contribution in [1.82, 2.24) is 5.43 Å². The number of hydrazine groups is 1. The molecule has 0 unspecified atom stereocenters. The van der Waals surface area contributed by atoms with Gasteiger partial charge in [-0.25, -0.2) is 19.7 Å². The van der Waals surface area contributed by atoms with Crippen molar-refractivity contribution in [2.45, 2.75) is 25.0 Å². The minimum Gasteiger partial charge on any atom is -0.479 e. The Balaban J connectivity index is 2.90. The molecule has 1 rings (SSSR count). The van der Waals surface area contributed by atoms with E-state index in [-0.39, 0.29) is 25.5 Å². The average Bonchev–Trinajstić information content (AvgIpc) is 2.55. The van der Waals surface area contributed by atoms with E-state index in [9.17, 15) is 24.8 Å². The van der Waals surface area contributed by atoms with Crippen molar-refractivity contribution >= 4 is 17.9 Å². The number of hydrogen-bond acceptors (Lipinski definition) is 6. The second-order valence-electron chi connectivity index (χ2n) is 5.05. The molecule has 0 spiro atoms. The molecule has 1 aromatic rings. The first-order valence-electron chi connectivity index (χ1n) is 7.20. The van der Waals surface area contributed by atoms with E-state index in [1.807, 2.05) is 0 Å². The Labute approximate surface area is 142 Å². The SMILES string of the molecule is NC(N)=NCCC[C@](N[N+](=O)[O-])(C(=O)O)C(=O)OCc1ccccc1. The molecule has 0 fully saturated rings. The number of carbonyl (C=O) groups excluding carboxylic acids is 1. The normalized spacial score (nSPS) is 12.5. The Morgan fingerprint density at radius 2 is 1.96 bits per heavy atom. The van der Waals surface area contributed by atoms with Gasteiger partial charge in [0.1, 0.15) is 6.61 Å². The fraction of sp³-hybridized carbons (Fsp3) is 0.357. The van der Waals surface area contributed by atoms with Gasteiger partial charge in [0.2, 0.25) is 0 Å². The number of esters is 1. The molecule has 0 aliphatic heterocycles. The minimum atomic E-state index is -2.54. The lowest BCUT2D eigenvalue weighted by molar-refractivity contribution is -0.554. The van der Waals surface area contributed by atoms with Gasteiger partial charge in [0.15, 0.2) is 11.0 Å². The topological polar surface area (TPSA) is 183 Å². The van der Waals surface area contributed by atoms with Crippen LogP contribution in [0, 0.1) is 10.1 Å². The first kappa shape index (κ1) is 19.7. The van der Waals surface area contributed by atoms with Gasteiger partial charge >= 0.3 is 11.9 Å². The molecule has 0 aliphatic rings. The van der Waals surface area contributed by atoms with Crippen LogP contribution in [0.1, 0.15) is 18.4 Å². The van der Waals surface area contributed by atoms with Crippen LogP contribution in [0.5, 0.6) is 0 Å². The second kappa shape index (κ2) is 9.05. The number of nitrogens with one attached hydrogen (secondary N) is 1. The van der Waals surface area contributed by atoms with Crippen LogP contribution in [-0.4, -0.2) is 40.1 Å². The van der Waals surface area contributed by atoms with E-state index >= 15 is 0 Å². The second-order valence-corrected chi connectivity index (χ2v) is 5.05. The fourth-order valence-electron chi connectivity index (χ4n) is 2.00. The van der Waals surface area contributed by atoms with E-state index in [4.69, 9.17) is 16.2 Å². The van der Waals surface area contributed by atoms with Gasteiger partial charge < -0.3 is 21.3 Å². The molecule has 1 atom stereocenters. The van der Waals surface area contributed by atoms with Crippen molar-refractivity contribution in [3.05, 3.63) is 46.0 Å². The smallest absolute Gasteiger partial charge is 0.349 e. The third-order valence-electron chi connectivity index (χ3n) is 3.21. The molecule has 0 bridgehead atoms. The number of carboxylic acids is 1. The van der Waals surface area contributed by atoms with Gasteiger partial charge in [0.25, 0.3) is 5.54 Å². The quantitative estimate of drug-likeness (QED) is 0.0810. The number of benzene rings is 1. The van der Waals surface area contributed by atoms with Crippen molar-refractivity contribution in [2.75, 3.05) is 6.54 Å². The van der Waals surface area contributed by atoms with Gasteiger partial charge in [0.05, 0.1) is 0 Å². The number of guanidine groups is 1. The molecule has 0 heterocycles. The standard InChI is InChI=1S/C14H19N5O6/c15-13(16)17-8-4-7-14(11(20)21,18-19(23)24)12(22)25-9-10-5-2-1-3-6-10/h1-3,5-6,18H,4,7-9H2,(H,20,21)(H4,15,16,17)/t14-/m0/s1. The van der Waals surface area contributed by atoms with Crippen molar-refractivity contribution in [3.8, 4) is 0 Å². The number of nitrogens with two attached hydrogens (primary N) is 2. The molecule has 1 aromatic carbocycles. The van der Waals surface area contributed by atoms with Crippen LogP contribution < -0.4 is 16.9 Å². The maximum Gasteiger partial charge on any atom is 0.349 e. The average molecular weight is 353 g/mol. The molecule has 25 heavy (non-hydrogen) atoms. The van der Waals surface area contributed by atoms with Crippen LogP contribution in [0.2, 0.25) is 0 Å².